The van der Waals surface area contributed by atoms with Crippen molar-refractivity contribution in [3.8, 4) is 0 Å². The lowest BCUT2D eigenvalue weighted by molar-refractivity contribution is 0.0693. The molecule has 0 atom stereocenters. The van der Waals surface area contributed by atoms with Crippen LogP contribution in [0.1, 0.15) is 29.2 Å². The highest BCUT2D eigenvalue weighted by atomic mass is 79.9. The summed E-state index contributed by atoms with van der Waals surface area (Å²) >= 11 is 3.42. The van der Waals surface area contributed by atoms with Crippen molar-refractivity contribution in [2.24, 2.45) is 5.92 Å². The second-order valence-electron chi connectivity index (χ2n) is 5.15. The Morgan fingerprint density at radius 3 is 2.95 bits per heavy atom. The summed E-state index contributed by atoms with van der Waals surface area (Å²) in [5, 5.41) is 12.7. The molecule has 5 nitrogen and oxygen atoms in total. The Hall–Kier alpha value is -1.40. The lowest BCUT2D eigenvalue weighted by atomic mass is 9.94. The van der Waals surface area contributed by atoms with Crippen LogP contribution in [0.4, 0.5) is 0 Å². The predicted molar refractivity (Wildman–Crippen MR) is 79.1 cm³/mol. The van der Waals surface area contributed by atoms with Gasteiger partial charge in [-0.2, -0.15) is 0 Å². The number of carboxylic acids is 1. The second-order valence-corrected chi connectivity index (χ2v) is 6.01. The molecule has 0 unspecified atom stereocenters. The average molecular weight is 338 g/mol. The highest BCUT2D eigenvalue weighted by molar-refractivity contribution is 9.10. The number of hydrogen-bond donors (Lipinski definition) is 2. The fourth-order valence-electron chi connectivity index (χ4n) is 2.80. The van der Waals surface area contributed by atoms with E-state index in [9.17, 15) is 9.90 Å². The van der Waals surface area contributed by atoms with Crippen molar-refractivity contribution >= 4 is 27.4 Å². The molecular weight excluding hydrogens is 322 g/mol. The Morgan fingerprint density at radius 2 is 2.25 bits per heavy atom. The van der Waals surface area contributed by atoms with Gasteiger partial charge in [0, 0.05) is 17.1 Å². The number of aromatic carboxylic acids is 1. The number of rotatable bonds is 3. The van der Waals surface area contributed by atoms with E-state index in [0.29, 0.717) is 11.4 Å². The molecule has 2 aromatic rings. The zero-order valence-corrected chi connectivity index (χ0v) is 12.6. The summed E-state index contributed by atoms with van der Waals surface area (Å²) in [6, 6.07) is 3.74. The number of hydrogen-bond acceptors (Lipinski definition) is 3. The number of piperidine rings is 1. The van der Waals surface area contributed by atoms with E-state index in [1.54, 1.807) is 0 Å². The minimum atomic E-state index is -0.981. The molecule has 0 bridgehead atoms. The summed E-state index contributed by atoms with van der Waals surface area (Å²) in [6.07, 6.45) is 4.94. The first kappa shape index (κ1) is 13.6. The van der Waals surface area contributed by atoms with Crippen LogP contribution in [0.2, 0.25) is 0 Å². The van der Waals surface area contributed by atoms with E-state index in [-0.39, 0.29) is 5.69 Å². The summed E-state index contributed by atoms with van der Waals surface area (Å²) in [6.45, 7) is 2.06. The molecule has 106 valence electrons. The number of imidazole rings is 1. The van der Waals surface area contributed by atoms with Gasteiger partial charge in [0.1, 0.15) is 5.82 Å². The molecule has 2 aromatic heterocycles. The van der Waals surface area contributed by atoms with Crippen molar-refractivity contribution in [1.29, 1.82) is 0 Å². The number of pyridine rings is 1. The Bertz CT molecular complexity index is 647. The quantitative estimate of drug-likeness (QED) is 0.902. The number of nitrogens with one attached hydrogen (secondary N) is 1. The largest absolute Gasteiger partial charge is 0.476 e. The van der Waals surface area contributed by atoms with Gasteiger partial charge in [-0.25, -0.2) is 9.78 Å². The van der Waals surface area contributed by atoms with Crippen molar-refractivity contribution in [2.75, 3.05) is 13.1 Å². The highest BCUT2D eigenvalue weighted by Crippen LogP contribution is 2.25. The van der Waals surface area contributed by atoms with Crippen LogP contribution < -0.4 is 5.32 Å². The van der Waals surface area contributed by atoms with Gasteiger partial charge in [0.2, 0.25) is 0 Å². The molecular formula is C14H16BrN3O2. The van der Waals surface area contributed by atoms with Crippen molar-refractivity contribution in [3.05, 3.63) is 34.3 Å². The van der Waals surface area contributed by atoms with Gasteiger partial charge in [0.15, 0.2) is 5.69 Å². The summed E-state index contributed by atoms with van der Waals surface area (Å²) in [5.41, 5.74) is 0.769. The van der Waals surface area contributed by atoms with Gasteiger partial charge in [-0.1, -0.05) is 0 Å². The van der Waals surface area contributed by atoms with Crippen LogP contribution in [0.5, 0.6) is 0 Å². The SMILES string of the molecule is O=C(O)c1nc(CC2CCNCC2)n2cccc(Br)c12. The van der Waals surface area contributed by atoms with Crippen LogP contribution in [0, 0.1) is 5.92 Å². The van der Waals surface area contributed by atoms with Crippen LogP contribution in [0.3, 0.4) is 0 Å². The van der Waals surface area contributed by atoms with E-state index in [1.807, 2.05) is 22.7 Å². The number of halogens is 1. The summed E-state index contributed by atoms with van der Waals surface area (Å²) < 4.78 is 2.66. The molecule has 20 heavy (non-hydrogen) atoms. The first-order chi connectivity index (χ1) is 9.66. The van der Waals surface area contributed by atoms with Crippen LogP contribution >= 0.6 is 15.9 Å². The van der Waals surface area contributed by atoms with Crippen molar-refractivity contribution in [2.45, 2.75) is 19.3 Å². The standard InChI is InChI=1S/C14H16BrN3O2/c15-10-2-1-7-18-11(8-9-3-5-16-6-4-9)17-12(13(10)18)14(19)20/h1-2,7,9,16H,3-6,8H2,(H,19,20). The number of carboxylic acid groups (broad SMARTS) is 1. The molecule has 0 radical (unpaired) electrons. The van der Waals surface area contributed by atoms with E-state index in [1.165, 1.54) is 0 Å². The molecule has 3 rings (SSSR count). The van der Waals surface area contributed by atoms with Crippen molar-refractivity contribution in [3.63, 3.8) is 0 Å². The van der Waals surface area contributed by atoms with Crippen molar-refractivity contribution < 1.29 is 9.90 Å². The number of nitrogens with zero attached hydrogens (tertiary/aromatic N) is 2. The molecule has 0 aliphatic carbocycles. The minimum Gasteiger partial charge on any atom is -0.476 e. The van der Waals surface area contributed by atoms with Crippen LogP contribution in [0.25, 0.3) is 5.52 Å². The maximum Gasteiger partial charge on any atom is 0.356 e. The first-order valence-corrected chi connectivity index (χ1v) is 7.55. The van der Waals surface area contributed by atoms with E-state index in [2.05, 4.69) is 26.2 Å². The van der Waals surface area contributed by atoms with Gasteiger partial charge in [0.05, 0.1) is 5.52 Å². The molecule has 0 amide bonds. The minimum absolute atomic E-state index is 0.126. The van der Waals surface area contributed by atoms with Gasteiger partial charge >= 0.3 is 5.97 Å². The van der Waals surface area contributed by atoms with E-state index >= 15 is 0 Å². The third-order valence-electron chi connectivity index (χ3n) is 3.82. The fraction of sp³-hybridized carbons (Fsp3) is 0.429. The molecule has 1 fully saturated rings. The predicted octanol–water partition coefficient (Wildman–Crippen LogP) is 2.34. The van der Waals surface area contributed by atoms with E-state index in [0.717, 1.165) is 42.6 Å². The highest BCUT2D eigenvalue weighted by Gasteiger charge is 2.21. The lowest BCUT2D eigenvalue weighted by Gasteiger charge is -2.21. The van der Waals surface area contributed by atoms with Crippen LogP contribution in [-0.2, 0) is 6.42 Å². The smallest absolute Gasteiger partial charge is 0.356 e. The number of aromatic nitrogens is 2. The normalized spacial score (nSPS) is 16.6. The summed E-state index contributed by atoms with van der Waals surface area (Å²) in [5.74, 6) is 0.430. The third-order valence-corrected chi connectivity index (χ3v) is 4.46. The van der Waals surface area contributed by atoms with Crippen LogP contribution in [-0.4, -0.2) is 33.6 Å². The third kappa shape index (κ3) is 2.45. The van der Waals surface area contributed by atoms with Gasteiger partial charge < -0.3 is 14.8 Å². The molecule has 0 spiro atoms. The Labute approximate surface area is 125 Å². The van der Waals surface area contributed by atoms with Gasteiger partial charge in [0.25, 0.3) is 0 Å². The van der Waals surface area contributed by atoms with E-state index < -0.39 is 5.97 Å². The zero-order chi connectivity index (χ0) is 14.1. The molecule has 2 N–H and O–H groups in total. The maximum atomic E-state index is 11.4. The van der Waals surface area contributed by atoms with Gasteiger partial charge in [-0.15, -0.1) is 0 Å². The molecule has 0 saturated carbocycles. The lowest BCUT2D eigenvalue weighted by Crippen LogP contribution is -2.29. The molecule has 0 aromatic carbocycles. The summed E-state index contributed by atoms with van der Waals surface area (Å²) in [7, 11) is 0. The van der Waals surface area contributed by atoms with Gasteiger partial charge in [-0.05, 0) is 59.9 Å². The van der Waals surface area contributed by atoms with Crippen LogP contribution in [0.15, 0.2) is 22.8 Å². The molecule has 6 heteroatoms. The average Bonchev–Trinajstić information content (AvgIpc) is 2.81. The molecule has 1 aliphatic rings. The Balaban J connectivity index is 2.02. The Kier molecular flexibility index (Phi) is 3.76. The number of carbonyl (C=O) groups is 1. The maximum absolute atomic E-state index is 11.4. The molecule has 1 aliphatic heterocycles. The monoisotopic (exact) mass is 337 g/mol. The van der Waals surface area contributed by atoms with E-state index in [4.69, 9.17) is 0 Å². The van der Waals surface area contributed by atoms with Crippen molar-refractivity contribution in [1.82, 2.24) is 14.7 Å². The van der Waals surface area contributed by atoms with Gasteiger partial charge in [-0.3, -0.25) is 0 Å². The second kappa shape index (κ2) is 5.54. The topological polar surface area (TPSA) is 66.6 Å². The summed E-state index contributed by atoms with van der Waals surface area (Å²) in [4.78, 5) is 15.7. The fourth-order valence-corrected chi connectivity index (χ4v) is 3.33. The molecule has 1 saturated heterocycles. The zero-order valence-electron chi connectivity index (χ0n) is 11.0. The Morgan fingerprint density at radius 1 is 1.50 bits per heavy atom. The number of fused-ring (bicyclic) bond motifs is 1. The first-order valence-electron chi connectivity index (χ1n) is 6.76. The molecule has 3 heterocycles.